The van der Waals surface area contributed by atoms with Crippen molar-refractivity contribution >= 4 is 17.3 Å². The molecule has 0 aromatic heterocycles. The summed E-state index contributed by atoms with van der Waals surface area (Å²) in [4.78, 5) is 17.3. The maximum atomic E-state index is 12.4. The molecule has 1 N–H and O–H groups in total. The number of nitriles is 1. The highest BCUT2D eigenvalue weighted by Gasteiger charge is 2.17. The number of piperazine rings is 1. The number of anilines is 2. The summed E-state index contributed by atoms with van der Waals surface area (Å²) in [6.07, 6.45) is 0. The van der Waals surface area contributed by atoms with E-state index < -0.39 is 0 Å². The van der Waals surface area contributed by atoms with Crippen LogP contribution in [0.15, 0.2) is 42.5 Å². The quantitative estimate of drug-likeness (QED) is 0.921. The zero-order valence-corrected chi connectivity index (χ0v) is 15.3. The zero-order valence-electron chi connectivity index (χ0n) is 15.3. The average Bonchev–Trinajstić information content (AvgIpc) is 2.68. The molecule has 0 unspecified atom stereocenters. The standard InChI is InChI=1S/C21H24N4O/c1-3-24-9-11-25(12-10-24)20-8-7-19(13-16(20)2)23-21(26)18-6-4-5-17(14-18)15-22/h4-8,13-14H,3,9-12H2,1-2H3,(H,23,26). The van der Waals surface area contributed by atoms with Crippen molar-refractivity contribution in [3.8, 4) is 6.07 Å². The van der Waals surface area contributed by atoms with Crippen LogP contribution in [-0.4, -0.2) is 43.5 Å². The Hall–Kier alpha value is -2.84. The molecule has 1 saturated heterocycles. The molecule has 0 spiro atoms. The molecular weight excluding hydrogens is 324 g/mol. The van der Waals surface area contributed by atoms with Crippen molar-refractivity contribution in [3.05, 3.63) is 59.2 Å². The first kappa shape index (κ1) is 18.0. The Morgan fingerprint density at radius 2 is 1.92 bits per heavy atom. The lowest BCUT2D eigenvalue weighted by Gasteiger charge is -2.36. The predicted octanol–water partition coefficient (Wildman–Crippen LogP) is 3.26. The fourth-order valence-corrected chi connectivity index (χ4v) is 3.33. The van der Waals surface area contributed by atoms with Gasteiger partial charge in [0.2, 0.25) is 0 Å². The second kappa shape index (κ2) is 8.03. The van der Waals surface area contributed by atoms with Crippen molar-refractivity contribution in [2.24, 2.45) is 0 Å². The highest BCUT2D eigenvalue weighted by molar-refractivity contribution is 6.04. The van der Waals surface area contributed by atoms with Crippen LogP contribution in [0.1, 0.15) is 28.4 Å². The molecule has 134 valence electrons. The van der Waals surface area contributed by atoms with Gasteiger partial charge in [-0.2, -0.15) is 5.26 Å². The normalized spacial score (nSPS) is 14.7. The SMILES string of the molecule is CCN1CCN(c2ccc(NC(=O)c3cccc(C#N)c3)cc2C)CC1. The van der Waals surface area contributed by atoms with E-state index in [4.69, 9.17) is 5.26 Å². The Bertz CT molecular complexity index is 832. The third-order valence-corrected chi connectivity index (χ3v) is 4.87. The number of amides is 1. The Morgan fingerprint density at radius 3 is 2.58 bits per heavy atom. The molecule has 1 amide bonds. The molecule has 1 aliphatic heterocycles. The number of hydrogen-bond donors (Lipinski definition) is 1. The van der Waals surface area contributed by atoms with Gasteiger partial charge in [0, 0.05) is 43.1 Å². The van der Waals surface area contributed by atoms with Gasteiger partial charge in [-0.3, -0.25) is 4.79 Å². The van der Waals surface area contributed by atoms with E-state index in [9.17, 15) is 4.79 Å². The highest BCUT2D eigenvalue weighted by Crippen LogP contribution is 2.25. The van der Waals surface area contributed by atoms with Crippen LogP contribution in [0.5, 0.6) is 0 Å². The number of rotatable bonds is 4. The molecule has 26 heavy (non-hydrogen) atoms. The Balaban J connectivity index is 1.69. The van der Waals surface area contributed by atoms with E-state index in [0.29, 0.717) is 11.1 Å². The molecule has 5 nitrogen and oxygen atoms in total. The monoisotopic (exact) mass is 348 g/mol. The molecule has 2 aromatic carbocycles. The minimum Gasteiger partial charge on any atom is -0.369 e. The molecule has 0 radical (unpaired) electrons. The van der Waals surface area contributed by atoms with E-state index >= 15 is 0 Å². The van der Waals surface area contributed by atoms with Crippen LogP contribution < -0.4 is 10.2 Å². The maximum Gasteiger partial charge on any atom is 0.255 e. The topological polar surface area (TPSA) is 59.4 Å². The van der Waals surface area contributed by atoms with Gasteiger partial charge in [0.25, 0.3) is 5.91 Å². The van der Waals surface area contributed by atoms with Crippen molar-refractivity contribution in [1.82, 2.24) is 4.90 Å². The second-order valence-electron chi connectivity index (χ2n) is 6.57. The number of aryl methyl sites for hydroxylation is 1. The van der Waals surface area contributed by atoms with Crippen LogP contribution in [-0.2, 0) is 0 Å². The van der Waals surface area contributed by atoms with Crippen molar-refractivity contribution < 1.29 is 4.79 Å². The van der Waals surface area contributed by atoms with Crippen LogP contribution in [0.4, 0.5) is 11.4 Å². The predicted molar refractivity (Wildman–Crippen MR) is 105 cm³/mol. The van der Waals surface area contributed by atoms with Gasteiger partial charge in [0.05, 0.1) is 11.6 Å². The molecule has 3 rings (SSSR count). The van der Waals surface area contributed by atoms with E-state index in [-0.39, 0.29) is 5.91 Å². The van der Waals surface area contributed by atoms with Gasteiger partial charge in [-0.15, -0.1) is 0 Å². The van der Waals surface area contributed by atoms with Gasteiger partial charge in [-0.25, -0.2) is 0 Å². The fourth-order valence-electron chi connectivity index (χ4n) is 3.33. The average molecular weight is 348 g/mol. The minimum absolute atomic E-state index is 0.203. The van der Waals surface area contributed by atoms with E-state index in [1.54, 1.807) is 24.3 Å². The van der Waals surface area contributed by atoms with Gasteiger partial charge in [0.1, 0.15) is 0 Å². The summed E-state index contributed by atoms with van der Waals surface area (Å²) in [7, 11) is 0. The van der Waals surface area contributed by atoms with E-state index in [1.807, 2.05) is 12.1 Å². The van der Waals surface area contributed by atoms with Crippen molar-refractivity contribution in [3.63, 3.8) is 0 Å². The van der Waals surface area contributed by atoms with Crippen LogP contribution in [0.3, 0.4) is 0 Å². The summed E-state index contributed by atoms with van der Waals surface area (Å²) in [6.45, 7) is 9.61. The molecule has 0 saturated carbocycles. The summed E-state index contributed by atoms with van der Waals surface area (Å²) in [5.41, 5.74) is 4.12. The first-order valence-corrected chi connectivity index (χ1v) is 9.00. The van der Waals surface area contributed by atoms with Gasteiger partial charge in [0.15, 0.2) is 0 Å². The highest BCUT2D eigenvalue weighted by atomic mass is 16.1. The van der Waals surface area contributed by atoms with Crippen molar-refractivity contribution in [2.45, 2.75) is 13.8 Å². The number of nitrogens with one attached hydrogen (secondary N) is 1. The number of benzene rings is 2. The fraction of sp³-hybridized carbons (Fsp3) is 0.333. The molecular formula is C21H24N4O. The molecule has 1 fully saturated rings. The number of likely N-dealkylation sites (N-methyl/N-ethyl adjacent to an activating group) is 1. The Morgan fingerprint density at radius 1 is 1.15 bits per heavy atom. The maximum absolute atomic E-state index is 12.4. The zero-order chi connectivity index (χ0) is 18.5. The van der Waals surface area contributed by atoms with E-state index in [1.165, 1.54) is 5.69 Å². The van der Waals surface area contributed by atoms with Gasteiger partial charge in [-0.05, 0) is 55.4 Å². The first-order chi connectivity index (χ1) is 12.6. The van der Waals surface area contributed by atoms with Gasteiger partial charge >= 0.3 is 0 Å². The third kappa shape index (κ3) is 4.04. The number of carbonyl (C=O) groups excluding carboxylic acids is 1. The van der Waals surface area contributed by atoms with Gasteiger partial charge in [-0.1, -0.05) is 13.0 Å². The molecule has 0 atom stereocenters. The third-order valence-electron chi connectivity index (χ3n) is 4.87. The number of hydrogen-bond acceptors (Lipinski definition) is 4. The second-order valence-corrected chi connectivity index (χ2v) is 6.57. The largest absolute Gasteiger partial charge is 0.369 e. The molecule has 2 aromatic rings. The van der Waals surface area contributed by atoms with Gasteiger partial charge < -0.3 is 15.1 Å². The molecule has 1 aliphatic rings. The smallest absolute Gasteiger partial charge is 0.255 e. The first-order valence-electron chi connectivity index (χ1n) is 9.00. The minimum atomic E-state index is -0.203. The summed E-state index contributed by atoms with van der Waals surface area (Å²) in [5, 5.41) is 11.9. The van der Waals surface area contributed by atoms with Crippen LogP contribution in [0.2, 0.25) is 0 Å². The summed E-state index contributed by atoms with van der Waals surface area (Å²) in [5.74, 6) is -0.203. The lowest BCUT2D eigenvalue weighted by molar-refractivity contribution is 0.102. The van der Waals surface area contributed by atoms with Crippen molar-refractivity contribution in [1.29, 1.82) is 5.26 Å². The summed E-state index contributed by atoms with van der Waals surface area (Å²) in [6, 6.07) is 14.8. The Kier molecular flexibility index (Phi) is 5.55. The lowest BCUT2D eigenvalue weighted by Crippen LogP contribution is -2.46. The van der Waals surface area contributed by atoms with Crippen LogP contribution in [0, 0.1) is 18.3 Å². The van der Waals surface area contributed by atoms with E-state index in [0.717, 1.165) is 44.0 Å². The van der Waals surface area contributed by atoms with E-state index in [2.05, 4.69) is 41.1 Å². The van der Waals surface area contributed by atoms with Crippen LogP contribution in [0.25, 0.3) is 0 Å². The molecule has 5 heteroatoms. The molecule has 0 bridgehead atoms. The Labute approximate surface area is 154 Å². The number of nitrogens with zero attached hydrogens (tertiary/aromatic N) is 3. The van der Waals surface area contributed by atoms with Crippen LogP contribution >= 0.6 is 0 Å². The lowest BCUT2D eigenvalue weighted by atomic mass is 10.1. The molecule has 1 heterocycles. The van der Waals surface area contributed by atoms with Crippen molar-refractivity contribution in [2.75, 3.05) is 42.9 Å². The molecule has 0 aliphatic carbocycles. The summed E-state index contributed by atoms with van der Waals surface area (Å²) < 4.78 is 0. The number of carbonyl (C=O) groups is 1. The summed E-state index contributed by atoms with van der Waals surface area (Å²) >= 11 is 0.